The Morgan fingerprint density at radius 1 is 1.17 bits per heavy atom. The normalized spacial score (nSPS) is 25.7. The molecule has 1 aromatic rings. The smallest absolute Gasteiger partial charge is 0.326 e. The van der Waals surface area contributed by atoms with Gasteiger partial charge in [0.2, 0.25) is 11.8 Å². The van der Waals surface area contributed by atoms with E-state index in [1.54, 1.807) is 12.1 Å². The molecule has 1 aliphatic carbocycles. The molecule has 11 heteroatoms. The number of hydrogen-bond donors (Lipinski definition) is 1. The van der Waals surface area contributed by atoms with Gasteiger partial charge < -0.3 is 14.8 Å². The van der Waals surface area contributed by atoms with Crippen LogP contribution < -0.4 is 10.1 Å². The molecular weight excluding hydrogens is 547 g/mol. The highest BCUT2D eigenvalue weighted by Crippen LogP contribution is 2.43. The lowest BCUT2D eigenvalue weighted by atomic mass is 9.81. The summed E-state index contributed by atoms with van der Waals surface area (Å²) in [6.45, 7) is -1.09. The summed E-state index contributed by atoms with van der Waals surface area (Å²) in [7, 11) is 1.44. The lowest BCUT2D eigenvalue weighted by molar-refractivity contribution is -0.154. The van der Waals surface area contributed by atoms with Crippen LogP contribution in [0.2, 0.25) is 5.02 Å². The predicted octanol–water partition coefficient (Wildman–Crippen LogP) is 2.75. The maximum Gasteiger partial charge on any atom is 0.326 e. The van der Waals surface area contributed by atoms with Crippen LogP contribution >= 0.6 is 43.5 Å². The zero-order valence-corrected chi connectivity index (χ0v) is 19.8. The van der Waals surface area contributed by atoms with Crippen LogP contribution in [0.15, 0.2) is 18.2 Å². The first kappa shape index (κ1) is 23.0. The monoisotopic (exact) mass is 564 g/mol. The van der Waals surface area contributed by atoms with Crippen LogP contribution in [0.1, 0.15) is 12.8 Å². The van der Waals surface area contributed by atoms with Crippen LogP contribution in [-0.4, -0.2) is 58.5 Å². The number of esters is 1. The number of imide groups is 1. The van der Waals surface area contributed by atoms with Gasteiger partial charge in [-0.1, -0.05) is 43.5 Å². The Labute approximate surface area is 194 Å². The van der Waals surface area contributed by atoms with Gasteiger partial charge in [0.25, 0.3) is 5.91 Å². The van der Waals surface area contributed by atoms with E-state index in [9.17, 15) is 19.2 Å². The van der Waals surface area contributed by atoms with Crippen molar-refractivity contribution in [3.05, 3.63) is 23.2 Å². The molecule has 0 unspecified atom stereocenters. The number of carbonyl (C=O) groups is 4. The molecule has 4 atom stereocenters. The van der Waals surface area contributed by atoms with E-state index in [1.807, 2.05) is 0 Å². The van der Waals surface area contributed by atoms with Crippen LogP contribution in [0.4, 0.5) is 5.69 Å². The number of fused-ring (bicyclic) bond motifs is 1. The summed E-state index contributed by atoms with van der Waals surface area (Å²) in [4.78, 5) is 50.5. The number of halogens is 3. The van der Waals surface area contributed by atoms with Gasteiger partial charge in [0.15, 0.2) is 6.61 Å². The van der Waals surface area contributed by atoms with Crippen molar-refractivity contribution in [3.8, 4) is 5.75 Å². The number of nitrogens with one attached hydrogen (secondary N) is 1. The number of hydrogen-bond acceptors (Lipinski definition) is 6. The zero-order valence-electron chi connectivity index (χ0n) is 15.9. The van der Waals surface area contributed by atoms with E-state index in [1.165, 1.54) is 13.2 Å². The summed E-state index contributed by atoms with van der Waals surface area (Å²) < 4.78 is 10.1. The second-order valence-electron chi connectivity index (χ2n) is 7.03. The van der Waals surface area contributed by atoms with Crippen molar-refractivity contribution in [2.24, 2.45) is 11.8 Å². The molecule has 2 aliphatic rings. The van der Waals surface area contributed by atoms with Crippen molar-refractivity contribution in [2.45, 2.75) is 22.5 Å². The molecule has 8 nitrogen and oxygen atoms in total. The Balaban J connectivity index is 1.54. The Hall–Kier alpha value is -1.65. The Morgan fingerprint density at radius 3 is 2.33 bits per heavy atom. The second kappa shape index (κ2) is 9.65. The molecule has 1 saturated heterocycles. The highest BCUT2D eigenvalue weighted by atomic mass is 79.9. The fraction of sp³-hybridized carbons (Fsp3) is 0.474. The first-order valence-corrected chi connectivity index (χ1v) is 11.3. The lowest BCUT2D eigenvalue weighted by Crippen LogP contribution is -2.37. The molecule has 0 radical (unpaired) electrons. The predicted molar refractivity (Wildman–Crippen MR) is 116 cm³/mol. The van der Waals surface area contributed by atoms with Crippen molar-refractivity contribution in [1.29, 1.82) is 0 Å². The van der Waals surface area contributed by atoms with Crippen LogP contribution in [0, 0.1) is 11.8 Å². The molecule has 1 aromatic carbocycles. The fourth-order valence-corrected chi connectivity index (χ4v) is 5.01. The first-order valence-electron chi connectivity index (χ1n) is 9.13. The van der Waals surface area contributed by atoms with Crippen molar-refractivity contribution < 1.29 is 28.7 Å². The summed E-state index contributed by atoms with van der Waals surface area (Å²) in [5.41, 5.74) is 0.327. The van der Waals surface area contributed by atoms with Gasteiger partial charge in [0, 0.05) is 14.7 Å². The molecule has 3 amide bonds. The summed E-state index contributed by atoms with van der Waals surface area (Å²) in [6, 6.07) is 4.69. The topological polar surface area (TPSA) is 102 Å². The average Bonchev–Trinajstić information content (AvgIpc) is 2.91. The van der Waals surface area contributed by atoms with Crippen LogP contribution in [0.25, 0.3) is 0 Å². The Kier molecular flexibility index (Phi) is 7.41. The largest absolute Gasteiger partial charge is 0.495 e. The highest BCUT2D eigenvalue weighted by Gasteiger charge is 2.52. The third kappa shape index (κ3) is 4.97. The molecule has 0 aromatic heterocycles. The van der Waals surface area contributed by atoms with Gasteiger partial charge in [-0.3, -0.25) is 24.1 Å². The Bertz CT molecular complexity index is 855. The third-order valence-corrected chi connectivity index (χ3v) is 8.06. The van der Waals surface area contributed by atoms with Crippen molar-refractivity contribution in [1.82, 2.24) is 4.90 Å². The molecule has 3 rings (SSSR count). The minimum Gasteiger partial charge on any atom is -0.495 e. The average molecular weight is 567 g/mol. The summed E-state index contributed by atoms with van der Waals surface area (Å²) >= 11 is 12.9. The van der Waals surface area contributed by atoms with E-state index >= 15 is 0 Å². The van der Waals surface area contributed by atoms with Gasteiger partial charge in [-0.15, -0.1) is 0 Å². The number of ether oxygens (including phenoxy) is 2. The zero-order chi connectivity index (χ0) is 22.0. The number of methoxy groups -OCH3 is 1. The number of amides is 3. The van der Waals surface area contributed by atoms with Crippen LogP contribution in [0.5, 0.6) is 5.75 Å². The number of rotatable bonds is 6. The van der Waals surface area contributed by atoms with E-state index in [0.717, 1.165) is 4.90 Å². The number of carbonyl (C=O) groups excluding carboxylic acids is 4. The van der Waals surface area contributed by atoms with Crippen molar-refractivity contribution in [2.75, 3.05) is 25.6 Å². The number of likely N-dealkylation sites (tertiary alicyclic amines) is 1. The van der Waals surface area contributed by atoms with E-state index in [4.69, 9.17) is 21.1 Å². The van der Waals surface area contributed by atoms with Gasteiger partial charge in [0.1, 0.15) is 12.3 Å². The molecular formula is C19H19Br2ClN2O6. The number of anilines is 1. The molecule has 1 aliphatic heterocycles. The number of alkyl halides is 2. The molecule has 1 heterocycles. The van der Waals surface area contributed by atoms with Crippen molar-refractivity contribution in [3.63, 3.8) is 0 Å². The van der Waals surface area contributed by atoms with E-state index < -0.39 is 36.9 Å². The minimum absolute atomic E-state index is 0.0783. The Morgan fingerprint density at radius 2 is 1.77 bits per heavy atom. The standard InChI is InChI=1S/C19H19Br2ClN2O6/c1-29-15-3-2-9(22)4-14(15)23-16(25)8-30-17(26)7-24-18(27)10-5-12(20)13(21)6-11(10)19(24)28/h2-4,10-13H,5-8H2,1H3,(H,23,25)/t10-,11-,12+,13+/m1/s1. The van der Waals surface area contributed by atoms with Gasteiger partial charge in [-0.2, -0.15) is 0 Å². The maximum absolute atomic E-state index is 12.6. The SMILES string of the molecule is COc1ccc(Cl)cc1NC(=O)COC(=O)CN1C(=O)[C@@H]2C[C@H](Br)[C@@H](Br)C[C@H]2C1=O. The van der Waals surface area contributed by atoms with Crippen LogP contribution in [0.3, 0.4) is 0 Å². The fourth-order valence-electron chi connectivity index (χ4n) is 3.60. The first-order chi connectivity index (χ1) is 14.2. The molecule has 162 valence electrons. The molecule has 0 spiro atoms. The quantitative estimate of drug-likeness (QED) is 0.323. The number of benzene rings is 1. The molecule has 30 heavy (non-hydrogen) atoms. The molecule has 1 saturated carbocycles. The van der Waals surface area contributed by atoms with E-state index in [2.05, 4.69) is 37.2 Å². The van der Waals surface area contributed by atoms with E-state index in [0.29, 0.717) is 29.3 Å². The summed E-state index contributed by atoms with van der Waals surface area (Å²) in [5, 5.41) is 2.93. The molecule has 2 fully saturated rings. The molecule has 1 N–H and O–H groups in total. The minimum atomic E-state index is -0.839. The molecule has 0 bridgehead atoms. The van der Waals surface area contributed by atoms with Crippen molar-refractivity contribution >= 4 is 72.8 Å². The van der Waals surface area contributed by atoms with Gasteiger partial charge in [-0.05, 0) is 31.0 Å². The highest BCUT2D eigenvalue weighted by molar-refractivity contribution is 9.12. The summed E-state index contributed by atoms with van der Waals surface area (Å²) in [5.74, 6) is -2.69. The lowest BCUT2D eigenvalue weighted by Gasteiger charge is -2.29. The number of nitrogens with zero attached hydrogens (tertiary/aromatic N) is 1. The van der Waals surface area contributed by atoms with Gasteiger partial charge >= 0.3 is 5.97 Å². The van der Waals surface area contributed by atoms with Gasteiger partial charge in [-0.25, -0.2) is 0 Å². The summed E-state index contributed by atoms with van der Waals surface area (Å²) in [6.07, 6.45) is 1.03. The third-order valence-electron chi connectivity index (χ3n) is 5.09. The van der Waals surface area contributed by atoms with Crippen LogP contribution in [-0.2, 0) is 23.9 Å². The maximum atomic E-state index is 12.6. The van der Waals surface area contributed by atoms with E-state index in [-0.39, 0.29) is 21.5 Å². The second-order valence-corrected chi connectivity index (χ2v) is 9.82. The van der Waals surface area contributed by atoms with Gasteiger partial charge in [0.05, 0.1) is 24.6 Å².